The van der Waals surface area contributed by atoms with Crippen LogP contribution in [-0.4, -0.2) is 52.0 Å². The molecule has 8 heteroatoms. The minimum atomic E-state index is -3.57. The van der Waals surface area contributed by atoms with Gasteiger partial charge in [-0.25, -0.2) is 8.42 Å². The van der Waals surface area contributed by atoms with Gasteiger partial charge in [0.15, 0.2) is 0 Å². The van der Waals surface area contributed by atoms with Crippen molar-refractivity contribution in [2.45, 2.75) is 24.3 Å². The minimum absolute atomic E-state index is 0.148. The molecule has 1 N–H and O–H groups in total. The Labute approximate surface area is 171 Å². The zero-order chi connectivity index (χ0) is 20.9. The van der Waals surface area contributed by atoms with Gasteiger partial charge < -0.3 is 14.8 Å². The average Bonchev–Trinajstić information content (AvgIpc) is 2.78. The first-order valence-electron chi connectivity index (χ1n) is 9.58. The number of amides is 1. The average molecular weight is 419 g/mol. The van der Waals surface area contributed by atoms with Crippen molar-refractivity contribution in [3.63, 3.8) is 0 Å². The van der Waals surface area contributed by atoms with Crippen molar-refractivity contribution >= 4 is 15.9 Å². The Morgan fingerprint density at radius 2 is 1.72 bits per heavy atom. The second-order valence-electron chi connectivity index (χ2n) is 6.75. The maximum atomic E-state index is 12.7. The van der Waals surface area contributed by atoms with E-state index in [4.69, 9.17) is 9.47 Å². The summed E-state index contributed by atoms with van der Waals surface area (Å²) in [5, 5.41) is 3.00. The van der Waals surface area contributed by atoms with Crippen LogP contribution in [0.1, 0.15) is 35.3 Å². The van der Waals surface area contributed by atoms with Crippen molar-refractivity contribution in [3.05, 3.63) is 59.7 Å². The number of hydrogen-bond donors (Lipinski definition) is 1. The highest BCUT2D eigenvalue weighted by atomic mass is 32.2. The maximum Gasteiger partial charge on any atom is 0.251 e. The van der Waals surface area contributed by atoms with Crippen molar-refractivity contribution in [1.29, 1.82) is 0 Å². The smallest absolute Gasteiger partial charge is 0.251 e. The predicted octanol–water partition coefficient (Wildman–Crippen LogP) is 2.60. The molecule has 0 radical (unpaired) electrons. The van der Waals surface area contributed by atoms with Crippen molar-refractivity contribution in [2.75, 3.05) is 33.4 Å². The summed E-state index contributed by atoms with van der Waals surface area (Å²) in [6, 6.07) is 13.5. The molecule has 2 aromatic rings. The lowest BCUT2D eigenvalue weighted by Gasteiger charge is -2.26. The number of carbonyl (C=O) groups is 1. The lowest BCUT2D eigenvalue weighted by Crippen LogP contribution is -2.40. The van der Waals surface area contributed by atoms with Crippen LogP contribution in [0, 0.1) is 0 Å². The maximum absolute atomic E-state index is 12.7. The van der Waals surface area contributed by atoms with E-state index in [2.05, 4.69) is 5.32 Å². The summed E-state index contributed by atoms with van der Waals surface area (Å²) in [4.78, 5) is 12.8. The van der Waals surface area contributed by atoms with Gasteiger partial charge in [-0.15, -0.1) is 0 Å². The molecule has 0 unspecified atom stereocenters. The van der Waals surface area contributed by atoms with Crippen LogP contribution in [0.25, 0.3) is 0 Å². The first kappa shape index (κ1) is 21.3. The Hall–Kier alpha value is -2.42. The third kappa shape index (κ3) is 4.95. The standard InChI is InChI=1S/C21H26N2O5S/c1-3-20(16-4-8-18(27-2)9-5-16)22-21(24)17-6-10-19(11-7-17)29(25,26)23-12-14-28-15-13-23/h4-11,20H,3,12-15H2,1-2H3,(H,22,24)/t20-/m1/s1. The molecule has 1 aliphatic rings. The van der Waals surface area contributed by atoms with Crippen molar-refractivity contribution < 1.29 is 22.7 Å². The highest BCUT2D eigenvalue weighted by Crippen LogP contribution is 2.22. The number of nitrogens with zero attached hydrogens (tertiary/aromatic N) is 1. The molecular weight excluding hydrogens is 392 g/mol. The van der Waals surface area contributed by atoms with Gasteiger partial charge in [-0.05, 0) is 48.4 Å². The third-order valence-electron chi connectivity index (χ3n) is 4.96. The molecule has 0 aromatic heterocycles. The number of nitrogens with one attached hydrogen (secondary N) is 1. The fraction of sp³-hybridized carbons (Fsp3) is 0.381. The highest BCUT2D eigenvalue weighted by Gasteiger charge is 2.26. The molecule has 1 amide bonds. The number of carbonyl (C=O) groups excluding carboxylic acids is 1. The van der Waals surface area contributed by atoms with E-state index in [9.17, 15) is 13.2 Å². The van der Waals surface area contributed by atoms with E-state index in [0.29, 0.717) is 31.9 Å². The normalized spacial score (nSPS) is 16.2. The summed E-state index contributed by atoms with van der Waals surface area (Å²) in [7, 11) is -1.96. The van der Waals surface area contributed by atoms with Gasteiger partial charge in [0.1, 0.15) is 5.75 Å². The lowest BCUT2D eigenvalue weighted by atomic mass is 10.0. The number of morpholine rings is 1. The van der Waals surface area contributed by atoms with Crippen LogP contribution >= 0.6 is 0 Å². The Morgan fingerprint density at radius 1 is 1.10 bits per heavy atom. The van der Waals surface area contributed by atoms with E-state index in [1.165, 1.54) is 16.4 Å². The molecule has 1 atom stereocenters. The molecule has 7 nitrogen and oxygen atoms in total. The number of hydrogen-bond acceptors (Lipinski definition) is 5. The summed E-state index contributed by atoms with van der Waals surface area (Å²) in [5.41, 5.74) is 1.39. The number of ether oxygens (including phenoxy) is 2. The third-order valence-corrected chi connectivity index (χ3v) is 6.87. The molecule has 2 aromatic carbocycles. The van der Waals surface area contributed by atoms with Gasteiger partial charge in [0.2, 0.25) is 10.0 Å². The first-order chi connectivity index (χ1) is 14.0. The summed E-state index contributed by atoms with van der Waals surface area (Å²) >= 11 is 0. The molecule has 1 aliphatic heterocycles. The van der Waals surface area contributed by atoms with E-state index in [0.717, 1.165) is 17.7 Å². The monoisotopic (exact) mass is 418 g/mol. The van der Waals surface area contributed by atoms with Gasteiger partial charge in [-0.1, -0.05) is 19.1 Å². The Morgan fingerprint density at radius 3 is 2.28 bits per heavy atom. The molecule has 156 valence electrons. The van der Waals surface area contributed by atoms with Crippen LogP contribution in [0.4, 0.5) is 0 Å². The molecule has 1 heterocycles. The second-order valence-corrected chi connectivity index (χ2v) is 8.69. The summed E-state index contributed by atoms with van der Waals surface area (Å²) < 4.78 is 37.2. The zero-order valence-corrected chi connectivity index (χ0v) is 17.4. The SMILES string of the molecule is CC[C@@H](NC(=O)c1ccc(S(=O)(=O)N2CCOCC2)cc1)c1ccc(OC)cc1. The Kier molecular flexibility index (Phi) is 6.89. The van der Waals surface area contributed by atoms with Crippen molar-refractivity contribution in [2.24, 2.45) is 0 Å². The van der Waals surface area contributed by atoms with Crippen LogP contribution in [-0.2, 0) is 14.8 Å². The molecule has 3 rings (SSSR count). The van der Waals surface area contributed by atoms with E-state index >= 15 is 0 Å². The van der Waals surface area contributed by atoms with Gasteiger partial charge in [0, 0.05) is 18.7 Å². The molecular formula is C21H26N2O5S. The molecule has 0 saturated carbocycles. The number of rotatable bonds is 7. The zero-order valence-electron chi connectivity index (χ0n) is 16.6. The van der Waals surface area contributed by atoms with Gasteiger partial charge in [0.05, 0.1) is 31.3 Å². The molecule has 29 heavy (non-hydrogen) atoms. The van der Waals surface area contributed by atoms with E-state index < -0.39 is 10.0 Å². The van der Waals surface area contributed by atoms with Gasteiger partial charge >= 0.3 is 0 Å². The topological polar surface area (TPSA) is 84.9 Å². The van der Waals surface area contributed by atoms with Crippen molar-refractivity contribution in [1.82, 2.24) is 9.62 Å². The van der Waals surface area contributed by atoms with Crippen LogP contribution in [0.2, 0.25) is 0 Å². The van der Waals surface area contributed by atoms with Gasteiger partial charge in [0.25, 0.3) is 5.91 Å². The summed E-state index contributed by atoms with van der Waals surface area (Å²) in [5.74, 6) is 0.509. The van der Waals surface area contributed by atoms with Crippen molar-refractivity contribution in [3.8, 4) is 5.75 Å². The second kappa shape index (κ2) is 9.39. The van der Waals surface area contributed by atoms with E-state index in [-0.39, 0.29) is 16.8 Å². The molecule has 0 aliphatic carbocycles. The fourth-order valence-corrected chi connectivity index (χ4v) is 4.62. The first-order valence-corrected chi connectivity index (χ1v) is 11.0. The fourth-order valence-electron chi connectivity index (χ4n) is 3.21. The molecule has 1 fully saturated rings. The molecule has 1 saturated heterocycles. The Bertz CT molecular complexity index is 921. The summed E-state index contributed by atoms with van der Waals surface area (Å²) in [6.45, 7) is 3.45. The summed E-state index contributed by atoms with van der Waals surface area (Å²) in [6.07, 6.45) is 0.724. The highest BCUT2D eigenvalue weighted by molar-refractivity contribution is 7.89. The predicted molar refractivity (Wildman–Crippen MR) is 110 cm³/mol. The number of benzene rings is 2. The Balaban J connectivity index is 1.70. The number of methoxy groups -OCH3 is 1. The molecule has 0 spiro atoms. The van der Waals surface area contributed by atoms with Gasteiger partial charge in [-0.3, -0.25) is 4.79 Å². The van der Waals surface area contributed by atoms with Gasteiger partial charge in [-0.2, -0.15) is 4.31 Å². The lowest BCUT2D eigenvalue weighted by molar-refractivity contribution is 0.0730. The molecule has 0 bridgehead atoms. The van der Waals surface area contributed by atoms with Crippen LogP contribution in [0.3, 0.4) is 0 Å². The van der Waals surface area contributed by atoms with Crippen LogP contribution in [0.15, 0.2) is 53.4 Å². The quantitative estimate of drug-likeness (QED) is 0.747. The minimum Gasteiger partial charge on any atom is -0.497 e. The van der Waals surface area contributed by atoms with E-state index in [1.807, 2.05) is 31.2 Å². The largest absolute Gasteiger partial charge is 0.497 e. The van der Waals surface area contributed by atoms with Crippen LogP contribution in [0.5, 0.6) is 5.75 Å². The number of sulfonamides is 1. The van der Waals surface area contributed by atoms with Crippen LogP contribution < -0.4 is 10.1 Å². The van der Waals surface area contributed by atoms with E-state index in [1.54, 1.807) is 19.2 Å².